The Morgan fingerprint density at radius 1 is 1.10 bits per heavy atom. The standard InChI is InChI=1S/C30H29N3O9/c1-13-25(36)23(15(3)34)27-24(26(13)37)30(4)20(41-27)12-17(35)22(28(30)38)14(2)31-10-9-21-32-29(33-42-21)16-7-8-18(39-5)19(11-16)40-6/h7-8,11-12,31,36-37H,9-10H2,1-6H3/b22-14+/t30-/m0/s1. The van der Waals surface area contributed by atoms with Gasteiger partial charge in [0.2, 0.25) is 11.7 Å². The molecule has 0 saturated carbocycles. The van der Waals surface area contributed by atoms with Crippen LogP contribution in [-0.4, -0.2) is 58.5 Å². The number of nitrogens with one attached hydrogen (secondary N) is 1. The van der Waals surface area contributed by atoms with Crippen molar-refractivity contribution in [2.24, 2.45) is 0 Å². The zero-order valence-electron chi connectivity index (χ0n) is 23.9. The first-order chi connectivity index (χ1) is 19.9. The minimum Gasteiger partial charge on any atom is -0.507 e. The molecule has 1 aliphatic heterocycles. The third-order valence-corrected chi connectivity index (χ3v) is 7.60. The molecule has 0 bridgehead atoms. The Morgan fingerprint density at radius 3 is 2.48 bits per heavy atom. The number of hydrogen-bond donors (Lipinski definition) is 3. The van der Waals surface area contributed by atoms with Crippen LogP contribution < -0.4 is 19.5 Å². The van der Waals surface area contributed by atoms with E-state index < -0.39 is 28.5 Å². The topological polar surface area (TPSA) is 170 Å². The fourth-order valence-electron chi connectivity index (χ4n) is 5.26. The molecule has 0 fully saturated rings. The molecule has 218 valence electrons. The molecule has 12 nitrogen and oxygen atoms in total. The second-order valence-corrected chi connectivity index (χ2v) is 10.1. The molecular weight excluding hydrogens is 546 g/mol. The van der Waals surface area contributed by atoms with Gasteiger partial charge in [0.15, 0.2) is 28.8 Å². The first-order valence-electron chi connectivity index (χ1n) is 13.0. The van der Waals surface area contributed by atoms with Crippen LogP contribution in [0.25, 0.3) is 11.4 Å². The van der Waals surface area contributed by atoms with E-state index in [1.807, 2.05) is 0 Å². The van der Waals surface area contributed by atoms with Crippen LogP contribution in [0.4, 0.5) is 0 Å². The van der Waals surface area contributed by atoms with Crippen LogP contribution in [0, 0.1) is 6.92 Å². The van der Waals surface area contributed by atoms with E-state index in [9.17, 15) is 24.6 Å². The highest BCUT2D eigenvalue weighted by Gasteiger charge is 2.56. The molecular formula is C30H29N3O9. The monoisotopic (exact) mass is 575 g/mol. The number of carbonyl (C=O) groups excluding carboxylic acids is 3. The maximum atomic E-state index is 13.9. The number of ketones is 3. The van der Waals surface area contributed by atoms with Crippen LogP contribution in [0.5, 0.6) is 28.7 Å². The van der Waals surface area contributed by atoms with E-state index in [0.29, 0.717) is 40.9 Å². The molecule has 12 heteroatoms. The molecule has 42 heavy (non-hydrogen) atoms. The van der Waals surface area contributed by atoms with Gasteiger partial charge >= 0.3 is 0 Å². The number of nitrogens with zero attached hydrogens (tertiary/aromatic N) is 2. The summed E-state index contributed by atoms with van der Waals surface area (Å²) in [6.07, 6.45) is 1.46. The van der Waals surface area contributed by atoms with E-state index in [1.165, 1.54) is 34.0 Å². The molecule has 0 unspecified atom stereocenters. The fourth-order valence-corrected chi connectivity index (χ4v) is 5.26. The minimum atomic E-state index is -1.59. The number of hydrogen-bond acceptors (Lipinski definition) is 12. The Balaban J connectivity index is 1.39. The molecule has 0 amide bonds. The number of aromatic hydroxyl groups is 2. The lowest BCUT2D eigenvalue weighted by Crippen LogP contribution is -2.41. The molecule has 1 aromatic heterocycles. The Hall–Kier alpha value is -5.13. The molecule has 1 aliphatic carbocycles. The zero-order chi connectivity index (χ0) is 30.5. The zero-order valence-corrected chi connectivity index (χ0v) is 23.9. The second kappa shape index (κ2) is 10.4. The van der Waals surface area contributed by atoms with Crippen molar-refractivity contribution >= 4 is 17.3 Å². The summed E-state index contributed by atoms with van der Waals surface area (Å²) >= 11 is 0. The summed E-state index contributed by atoms with van der Waals surface area (Å²) in [5, 5.41) is 28.5. The van der Waals surface area contributed by atoms with Gasteiger partial charge in [0.1, 0.15) is 34.0 Å². The van der Waals surface area contributed by atoms with Gasteiger partial charge in [-0.15, -0.1) is 0 Å². The molecule has 1 atom stereocenters. The summed E-state index contributed by atoms with van der Waals surface area (Å²) in [7, 11) is 3.07. The van der Waals surface area contributed by atoms with Crippen molar-refractivity contribution in [2.45, 2.75) is 39.5 Å². The highest BCUT2D eigenvalue weighted by atomic mass is 16.5. The fraction of sp³-hybridized carbons (Fsp3) is 0.300. The summed E-state index contributed by atoms with van der Waals surface area (Å²) in [5.41, 5.74) is -0.839. The van der Waals surface area contributed by atoms with E-state index >= 15 is 0 Å². The number of Topliss-reactive ketones (excluding diaryl/α,β-unsaturated/α-hetero) is 2. The van der Waals surface area contributed by atoms with Crippen LogP contribution in [0.15, 0.2) is 45.8 Å². The van der Waals surface area contributed by atoms with E-state index in [1.54, 1.807) is 32.2 Å². The van der Waals surface area contributed by atoms with E-state index in [2.05, 4.69) is 15.5 Å². The summed E-state index contributed by atoms with van der Waals surface area (Å²) in [5.74, 6) is -0.935. The molecule has 0 saturated heterocycles. The Morgan fingerprint density at radius 2 is 1.81 bits per heavy atom. The largest absolute Gasteiger partial charge is 0.507 e. The Bertz CT molecular complexity index is 1730. The maximum absolute atomic E-state index is 13.9. The van der Waals surface area contributed by atoms with Crippen molar-refractivity contribution < 1.29 is 43.3 Å². The van der Waals surface area contributed by atoms with Crippen molar-refractivity contribution in [3.8, 4) is 40.1 Å². The van der Waals surface area contributed by atoms with Gasteiger partial charge in [-0.3, -0.25) is 14.4 Å². The summed E-state index contributed by atoms with van der Waals surface area (Å²) in [6.45, 7) is 6.03. The third kappa shape index (κ3) is 4.26. The smallest absolute Gasteiger partial charge is 0.228 e. The molecule has 3 N–H and O–H groups in total. The number of fused-ring (bicyclic) bond motifs is 3. The number of phenols is 2. The summed E-state index contributed by atoms with van der Waals surface area (Å²) < 4.78 is 21.7. The van der Waals surface area contributed by atoms with Crippen LogP contribution in [0.2, 0.25) is 0 Å². The van der Waals surface area contributed by atoms with Crippen LogP contribution in [0.3, 0.4) is 0 Å². The highest BCUT2D eigenvalue weighted by Crippen LogP contribution is 2.57. The van der Waals surface area contributed by atoms with Crippen molar-refractivity contribution in [3.05, 3.63) is 63.9 Å². The average molecular weight is 576 g/mol. The lowest BCUT2D eigenvalue weighted by molar-refractivity contribution is -0.123. The first kappa shape index (κ1) is 28.4. The van der Waals surface area contributed by atoms with Crippen LogP contribution in [-0.2, 0) is 21.4 Å². The van der Waals surface area contributed by atoms with Crippen LogP contribution in [0.1, 0.15) is 48.1 Å². The predicted molar refractivity (Wildman–Crippen MR) is 148 cm³/mol. The van der Waals surface area contributed by atoms with Gasteiger partial charge in [-0.2, -0.15) is 4.98 Å². The van der Waals surface area contributed by atoms with Gasteiger partial charge in [-0.1, -0.05) is 5.16 Å². The number of aromatic nitrogens is 2. The van der Waals surface area contributed by atoms with Gasteiger partial charge in [0.05, 0.1) is 25.4 Å². The van der Waals surface area contributed by atoms with Crippen molar-refractivity contribution in [1.82, 2.24) is 15.5 Å². The van der Waals surface area contributed by atoms with Crippen molar-refractivity contribution in [2.75, 3.05) is 20.8 Å². The van der Waals surface area contributed by atoms with E-state index in [-0.39, 0.29) is 46.1 Å². The average Bonchev–Trinajstić information content (AvgIpc) is 3.54. The SMILES string of the molecule is COc1ccc(-c2noc(CCN/C(C)=C3\C(=O)C=C4Oc5c(C(C)=O)c(O)c(C)c(O)c5[C@@]4(C)C3=O)n2)cc1OC. The van der Waals surface area contributed by atoms with Gasteiger partial charge in [0, 0.05) is 35.9 Å². The quantitative estimate of drug-likeness (QED) is 0.203. The first-order valence-corrected chi connectivity index (χ1v) is 13.0. The molecule has 0 radical (unpaired) electrons. The second-order valence-electron chi connectivity index (χ2n) is 10.1. The summed E-state index contributed by atoms with van der Waals surface area (Å²) in [4.78, 5) is 43.8. The van der Waals surface area contributed by atoms with Gasteiger partial charge in [-0.05, 0) is 45.9 Å². The minimum absolute atomic E-state index is 0.0274. The maximum Gasteiger partial charge on any atom is 0.228 e. The van der Waals surface area contributed by atoms with Gasteiger partial charge in [0.25, 0.3) is 0 Å². The number of carbonyl (C=O) groups is 3. The lowest BCUT2D eigenvalue weighted by atomic mass is 9.70. The van der Waals surface area contributed by atoms with E-state index in [4.69, 9.17) is 18.7 Å². The Labute approximate surface area is 240 Å². The number of ether oxygens (including phenoxy) is 3. The predicted octanol–water partition coefficient (Wildman–Crippen LogP) is 3.47. The van der Waals surface area contributed by atoms with Gasteiger partial charge in [-0.25, -0.2) is 0 Å². The van der Waals surface area contributed by atoms with Crippen molar-refractivity contribution in [1.29, 1.82) is 0 Å². The van der Waals surface area contributed by atoms with Crippen LogP contribution >= 0.6 is 0 Å². The molecule has 2 aromatic carbocycles. The van der Waals surface area contributed by atoms with E-state index in [0.717, 1.165) is 0 Å². The normalized spacial score (nSPS) is 18.6. The number of rotatable bonds is 8. The van der Waals surface area contributed by atoms with Crippen molar-refractivity contribution in [3.63, 3.8) is 0 Å². The highest BCUT2D eigenvalue weighted by molar-refractivity contribution is 6.31. The number of methoxy groups -OCH3 is 2. The molecule has 2 heterocycles. The lowest BCUT2D eigenvalue weighted by Gasteiger charge is -2.29. The van der Waals surface area contributed by atoms with Gasteiger partial charge < -0.3 is 34.3 Å². The molecule has 2 aliphatic rings. The molecule has 0 spiro atoms. The number of phenolic OH excluding ortho intramolecular Hbond substituents is 2. The third-order valence-electron chi connectivity index (χ3n) is 7.60. The number of allylic oxidation sites excluding steroid dienone is 4. The molecule has 5 rings (SSSR count). The summed E-state index contributed by atoms with van der Waals surface area (Å²) in [6, 6.07) is 5.24. The Kier molecular flexibility index (Phi) is 7.01. The molecule has 3 aromatic rings. The number of benzene rings is 2.